The Morgan fingerprint density at radius 3 is 2.48 bits per heavy atom. The van der Waals surface area contributed by atoms with Crippen LogP contribution in [0, 0.1) is 0 Å². The second kappa shape index (κ2) is 7.53. The number of benzene rings is 1. The van der Waals surface area contributed by atoms with Gasteiger partial charge in [0.1, 0.15) is 18.1 Å². The molecule has 0 unspecified atom stereocenters. The molecule has 2 rings (SSSR count). The number of hydrogen-bond acceptors (Lipinski definition) is 7. The molecule has 2 N–H and O–H groups in total. The summed E-state index contributed by atoms with van der Waals surface area (Å²) in [5, 5.41) is 0. The predicted octanol–water partition coefficient (Wildman–Crippen LogP) is 1.62. The second-order valence-electron chi connectivity index (χ2n) is 5.44. The van der Waals surface area contributed by atoms with Gasteiger partial charge < -0.3 is 20.2 Å². The fourth-order valence-electron chi connectivity index (χ4n) is 1.91. The first-order valence-electron chi connectivity index (χ1n) is 7.33. The predicted molar refractivity (Wildman–Crippen MR) is 88.3 cm³/mol. The van der Waals surface area contributed by atoms with E-state index in [-0.39, 0.29) is 18.3 Å². The number of carbonyl (C=O) groups excluding carboxylic acids is 1. The zero-order chi connectivity index (χ0) is 16.8. The second-order valence-corrected chi connectivity index (χ2v) is 5.44. The number of ketones is 1. The molecule has 7 nitrogen and oxygen atoms in total. The van der Waals surface area contributed by atoms with Crippen LogP contribution in [0.3, 0.4) is 0 Å². The van der Waals surface area contributed by atoms with E-state index in [1.165, 1.54) is 0 Å². The fourth-order valence-corrected chi connectivity index (χ4v) is 1.91. The van der Waals surface area contributed by atoms with Crippen LogP contribution in [0.1, 0.15) is 24.7 Å². The van der Waals surface area contributed by atoms with Crippen LogP contribution in [-0.2, 0) is 17.8 Å². The molecule has 7 heteroatoms. The van der Waals surface area contributed by atoms with Crippen molar-refractivity contribution in [1.29, 1.82) is 0 Å². The third-order valence-corrected chi connectivity index (χ3v) is 3.14. The zero-order valence-corrected chi connectivity index (χ0v) is 13.6. The lowest BCUT2D eigenvalue weighted by Gasteiger charge is -2.12. The summed E-state index contributed by atoms with van der Waals surface area (Å²) in [4.78, 5) is 25.1. The average molecular weight is 315 g/mol. The summed E-state index contributed by atoms with van der Waals surface area (Å²) in [5.41, 5.74) is 6.78. The van der Waals surface area contributed by atoms with Crippen molar-refractivity contribution < 1.29 is 9.53 Å². The van der Waals surface area contributed by atoms with Gasteiger partial charge in [0.05, 0.1) is 0 Å². The van der Waals surface area contributed by atoms with Crippen LogP contribution in [0.25, 0.3) is 0 Å². The average Bonchev–Trinajstić information content (AvgIpc) is 2.51. The highest BCUT2D eigenvalue weighted by molar-refractivity contribution is 5.75. The van der Waals surface area contributed by atoms with Crippen molar-refractivity contribution in [2.45, 2.75) is 26.4 Å². The molecule has 2 aromatic rings. The molecule has 23 heavy (non-hydrogen) atoms. The van der Waals surface area contributed by atoms with E-state index < -0.39 is 0 Å². The Morgan fingerprint density at radius 1 is 1.17 bits per heavy atom. The first-order valence-corrected chi connectivity index (χ1v) is 7.33. The molecule has 0 bridgehead atoms. The molecule has 0 fully saturated rings. The molecule has 0 saturated carbocycles. The highest BCUT2D eigenvalue weighted by atomic mass is 16.5. The van der Waals surface area contributed by atoms with Crippen LogP contribution in [0.2, 0.25) is 0 Å². The Balaban J connectivity index is 1.97. The van der Waals surface area contributed by atoms with Gasteiger partial charge in [0.25, 0.3) is 0 Å². The van der Waals surface area contributed by atoms with Crippen molar-refractivity contribution in [1.82, 2.24) is 15.0 Å². The van der Waals surface area contributed by atoms with Crippen molar-refractivity contribution in [3.8, 4) is 5.75 Å². The summed E-state index contributed by atoms with van der Waals surface area (Å²) in [6.45, 7) is 1.81. The molecule has 0 aliphatic carbocycles. The van der Waals surface area contributed by atoms with Gasteiger partial charge in [-0.3, -0.25) is 0 Å². The van der Waals surface area contributed by atoms with Gasteiger partial charge in [0.15, 0.2) is 5.82 Å². The molecule has 0 aliphatic heterocycles. The van der Waals surface area contributed by atoms with Gasteiger partial charge in [-0.15, -0.1) is 0 Å². The number of nitrogen functional groups attached to an aromatic ring is 1. The monoisotopic (exact) mass is 315 g/mol. The van der Waals surface area contributed by atoms with Gasteiger partial charge in [0, 0.05) is 20.5 Å². The quantitative estimate of drug-likeness (QED) is 0.829. The van der Waals surface area contributed by atoms with E-state index in [0.717, 1.165) is 12.0 Å². The Morgan fingerprint density at radius 2 is 1.87 bits per heavy atom. The maximum Gasteiger partial charge on any atom is 0.230 e. The van der Waals surface area contributed by atoms with E-state index in [1.807, 2.05) is 38.4 Å². The minimum absolute atomic E-state index is 0.168. The summed E-state index contributed by atoms with van der Waals surface area (Å²) >= 11 is 0. The number of rotatable bonds is 7. The molecule has 122 valence electrons. The van der Waals surface area contributed by atoms with Gasteiger partial charge in [0.2, 0.25) is 11.9 Å². The van der Waals surface area contributed by atoms with E-state index >= 15 is 0 Å². The van der Waals surface area contributed by atoms with Crippen molar-refractivity contribution in [3.63, 3.8) is 0 Å². The number of hydrogen-bond donors (Lipinski definition) is 1. The lowest BCUT2D eigenvalue weighted by Crippen LogP contribution is -2.16. The van der Waals surface area contributed by atoms with Crippen LogP contribution in [0.4, 0.5) is 11.9 Å². The number of nitrogens with zero attached hydrogens (tertiary/aromatic N) is 4. The molecular weight excluding hydrogens is 294 g/mol. The Bertz CT molecular complexity index is 671. The minimum atomic E-state index is 0.168. The van der Waals surface area contributed by atoms with Crippen molar-refractivity contribution in [3.05, 3.63) is 35.7 Å². The highest BCUT2D eigenvalue weighted by Gasteiger charge is 2.07. The molecular formula is C16H21N5O2. The van der Waals surface area contributed by atoms with Gasteiger partial charge in [-0.1, -0.05) is 12.1 Å². The van der Waals surface area contributed by atoms with Crippen LogP contribution >= 0.6 is 0 Å². The topological polar surface area (TPSA) is 94.2 Å². The number of carbonyl (C=O) groups is 1. The summed E-state index contributed by atoms with van der Waals surface area (Å²) in [5.74, 6) is 2.04. The van der Waals surface area contributed by atoms with Crippen LogP contribution in [-0.4, -0.2) is 34.8 Å². The van der Waals surface area contributed by atoms with Crippen LogP contribution in [0.15, 0.2) is 24.3 Å². The van der Waals surface area contributed by atoms with Gasteiger partial charge >= 0.3 is 0 Å². The molecule has 1 aromatic carbocycles. The summed E-state index contributed by atoms with van der Waals surface area (Å²) in [7, 11) is 3.67. The first kappa shape index (κ1) is 16.7. The van der Waals surface area contributed by atoms with Crippen LogP contribution < -0.4 is 15.4 Å². The molecule has 0 saturated heterocycles. The maximum absolute atomic E-state index is 11.0. The molecule has 0 radical (unpaired) electrons. The third-order valence-electron chi connectivity index (χ3n) is 3.14. The normalized spacial score (nSPS) is 10.4. The number of Topliss-reactive ketones (excluding diaryl/α,β-unsaturated/α-hetero) is 1. The third kappa shape index (κ3) is 5.21. The molecule has 0 amide bonds. The number of anilines is 2. The van der Waals surface area contributed by atoms with E-state index in [9.17, 15) is 4.79 Å². The number of nitrogens with two attached hydrogens (primary N) is 1. The molecule has 0 spiro atoms. The molecule has 1 heterocycles. The van der Waals surface area contributed by atoms with E-state index in [4.69, 9.17) is 10.5 Å². The molecule has 1 aromatic heterocycles. The number of ether oxygens (including phenoxy) is 1. The van der Waals surface area contributed by atoms with Gasteiger partial charge in [-0.2, -0.15) is 15.0 Å². The number of aromatic nitrogens is 3. The van der Waals surface area contributed by atoms with Crippen molar-refractivity contribution in [2.75, 3.05) is 24.7 Å². The SMILES string of the molecule is CC(=O)CCc1ccc(OCc2nc(N)nc(N(C)C)n2)cc1. The lowest BCUT2D eigenvalue weighted by molar-refractivity contribution is -0.116. The standard InChI is InChI=1S/C16H21N5O2/c1-11(22)4-5-12-6-8-13(9-7-12)23-10-14-18-15(17)20-16(19-14)21(2)3/h6-9H,4-5,10H2,1-3H3,(H2,17,18,19,20). The maximum atomic E-state index is 11.0. The molecule has 0 atom stereocenters. The summed E-state index contributed by atoms with van der Waals surface area (Å²) in [6, 6.07) is 7.64. The smallest absolute Gasteiger partial charge is 0.230 e. The first-order chi connectivity index (χ1) is 10.9. The summed E-state index contributed by atoms with van der Waals surface area (Å²) < 4.78 is 5.67. The van der Waals surface area contributed by atoms with Crippen LogP contribution in [0.5, 0.6) is 5.75 Å². The minimum Gasteiger partial charge on any atom is -0.486 e. The van der Waals surface area contributed by atoms with Crippen molar-refractivity contribution >= 4 is 17.7 Å². The van der Waals surface area contributed by atoms with E-state index in [0.29, 0.717) is 23.9 Å². The van der Waals surface area contributed by atoms with Gasteiger partial charge in [-0.25, -0.2) is 0 Å². The van der Waals surface area contributed by atoms with Gasteiger partial charge in [-0.05, 0) is 31.0 Å². The summed E-state index contributed by atoms with van der Waals surface area (Å²) in [6.07, 6.45) is 1.30. The van der Waals surface area contributed by atoms with E-state index in [2.05, 4.69) is 15.0 Å². The largest absolute Gasteiger partial charge is 0.486 e. The number of aryl methyl sites for hydroxylation is 1. The Labute approximate surface area is 135 Å². The lowest BCUT2D eigenvalue weighted by atomic mass is 10.1. The highest BCUT2D eigenvalue weighted by Crippen LogP contribution is 2.15. The fraction of sp³-hybridized carbons (Fsp3) is 0.375. The van der Waals surface area contributed by atoms with Crippen molar-refractivity contribution in [2.24, 2.45) is 0 Å². The van der Waals surface area contributed by atoms with E-state index in [1.54, 1.807) is 11.8 Å². The molecule has 0 aliphatic rings. The Kier molecular flexibility index (Phi) is 5.46. The zero-order valence-electron chi connectivity index (χ0n) is 13.6. The Hall–Kier alpha value is -2.70.